The summed E-state index contributed by atoms with van der Waals surface area (Å²) in [6.07, 6.45) is 7.35. The standard InChI is InChI=1S/C18H21FN4/c1-2-6-16-13-17(23-11-4-3-5-12-23)22-18(21-16)20-15-9-7-14(19)8-10-15/h3-4,7-10,13H,2,5-6,11-12H2,1H3,(H,20,21,22). The summed E-state index contributed by atoms with van der Waals surface area (Å²) in [6, 6.07) is 8.30. The van der Waals surface area contributed by atoms with Crippen LogP contribution < -0.4 is 10.2 Å². The van der Waals surface area contributed by atoms with E-state index in [1.54, 1.807) is 12.1 Å². The van der Waals surface area contributed by atoms with Crippen LogP contribution in [0.1, 0.15) is 25.5 Å². The Kier molecular flexibility index (Phi) is 4.86. The molecule has 1 aromatic heterocycles. The quantitative estimate of drug-likeness (QED) is 0.845. The largest absolute Gasteiger partial charge is 0.352 e. The SMILES string of the molecule is CCCc1cc(N2CC=CCC2)nc(Nc2ccc(F)cc2)n1. The van der Waals surface area contributed by atoms with Crippen LogP contribution in [0.3, 0.4) is 0 Å². The molecule has 0 radical (unpaired) electrons. The molecule has 0 amide bonds. The molecule has 1 aromatic carbocycles. The van der Waals surface area contributed by atoms with Crippen LogP contribution in [0.2, 0.25) is 0 Å². The van der Waals surface area contributed by atoms with Gasteiger partial charge in [-0.2, -0.15) is 4.98 Å². The Bertz CT molecular complexity index is 682. The van der Waals surface area contributed by atoms with Gasteiger partial charge in [-0.25, -0.2) is 9.37 Å². The number of hydrogen-bond acceptors (Lipinski definition) is 4. The summed E-state index contributed by atoms with van der Waals surface area (Å²) in [4.78, 5) is 11.5. The summed E-state index contributed by atoms with van der Waals surface area (Å²) in [5.41, 5.74) is 1.81. The van der Waals surface area contributed by atoms with Gasteiger partial charge in [-0.15, -0.1) is 0 Å². The molecule has 1 N–H and O–H groups in total. The van der Waals surface area contributed by atoms with Gasteiger partial charge in [0, 0.05) is 30.5 Å². The fraction of sp³-hybridized carbons (Fsp3) is 0.333. The zero-order valence-corrected chi connectivity index (χ0v) is 13.3. The molecule has 0 saturated carbocycles. The first-order chi connectivity index (χ1) is 11.2. The Hall–Kier alpha value is -2.43. The summed E-state index contributed by atoms with van der Waals surface area (Å²) in [6.45, 7) is 3.98. The van der Waals surface area contributed by atoms with Gasteiger partial charge in [0.2, 0.25) is 5.95 Å². The Morgan fingerprint density at radius 2 is 2.00 bits per heavy atom. The highest BCUT2D eigenvalue weighted by molar-refractivity contribution is 5.56. The number of nitrogens with one attached hydrogen (secondary N) is 1. The number of rotatable bonds is 5. The Labute approximate surface area is 136 Å². The number of aryl methyl sites for hydroxylation is 1. The number of aromatic nitrogens is 2. The summed E-state index contributed by atoms with van der Waals surface area (Å²) >= 11 is 0. The van der Waals surface area contributed by atoms with Crippen molar-refractivity contribution in [1.82, 2.24) is 9.97 Å². The lowest BCUT2D eigenvalue weighted by Gasteiger charge is -2.25. The summed E-state index contributed by atoms with van der Waals surface area (Å²) in [5.74, 6) is 1.25. The normalized spacial score (nSPS) is 14.1. The molecule has 2 aromatic rings. The second-order valence-corrected chi connectivity index (χ2v) is 5.63. The zero-order chi connectivity index (χ0) is 16.1. The lowest BCUT2D eigenvalue weighted by Crippen LogP contribution is -2.28. The summed E-state index contributed by atoms with van der Waals surface area (Å²) < 4.78 is 13.0. The van der Waals surface area contributed by atoms with Gasteiger partial charge in [-0.3, -0.25) is 0 Å². The van der Waals surface area contributed by atoms with Gasteiger partial charge in [-0.1, -0.05) is 25.5 Å². The average molecular weight is 312 g/mol. The van der Waals surface area contributed by atoms with Gasteiger partial charge in [-0.05, 0) is 37.1 Å². The van der Waals surface area contributed by atoms with Crippen LogP contribution in [0.5, 0.6) is 0 Å². The molecule has 0 bridgehead atoms. The lowest BCUT2D eigenvalue weighted by atomic mass is 10.2. The number of benzene rings is 1. The first-order valence-corrected chi connectivity index (χ1v) is 8.05. The van der Waals surface area contributed by atoms with E-state index in [2.05, 4.69) is 45.3 Å². The van der Waals surface area contributed by atoms with Crippen molar-refractivity contribution in [2.45, 2.75) is 26.2 Å². The van der Waals surface area contributed by atoms with Crippen molar-refractivity contribution in [3.63, 3.8) is 0 Å². The monoisotopic (exact) mass is 312 g/mol. The van der Waals surface area contributed by atoms with E-state index in [-0.39, 0.29) is 5.82 Å². The molecule has 23 heavy (non-hydrogen) atoms. The fourth-order valence-electron chi connectivity index (χ4n) is 2.60. The van der Waals surface area contributed by atoms with Crippen molar-refractivity contribution in [2.24, 2.45) is 0 Å². The van der Waals surface area contributed by atoms with E-state index in [9.17, 15) is 4.39 Å². The molecule has 0 aliphatic carbocycles. The van der Waals surface area contributed by atoms with Crippen LogP contribution in [0.15, 0.2) is 42.5 Å². The number of anilines is 3. The van der Waals surface area contributed by atoms with Crippen LogP contribution >= 0.6 is 0 Å². The second-order valence-electron chi connectivity index (χ2n) is 5.63. The molecule has 0 unspecified atom stereocenters. The van der Waals surface area contributed by atoms with Crippen molar-refractivity contribution in [1.29, 1.82) is 0 Å². The van der Waals surface area contributed by atoms with Crippen molar-refractivity contribution in [3.8, 4) is 0 Å². The van der Waals surface area contributed by atoms with Crippen molar-refractivity contribution in [2.75, 3.05) is 23.3 Å². The van der Waals surface area contributed by atoms with Gasteiger partial charge >= 0.3 is 0 Å². The first kappa shape index (κ1) is 15.5. The molecule has 2 heterocycles. The van der Waals surface area contributed by atoms with Crippen LogP contribution in [0.4, 0.5) is 21.8 Å². The van der Waals surface area contributed by atoms with Crippen LogP contribution in [0.25, 0.3) is 0 Å². The summed E-state index contributed by atoms with van der Waals surface area (Å²) in [7, 11) is 0. The van der Waals surface area contributed by atoms with Gasteiger partial charge in [0.15, 0.2) is 0 Å². The molecule has 1 aliphatic rings. The third-order valence-corrected chi connectivity index (χ3v) is 3.75. The molecule has 0 saturated heterocycles. The minimum Gasteiger partial charge on any atom is -0.352 e. The number of nitrogens with zero attached hydrogens (tertiary/aromatic N) is 3. The highest BCUT2D eigenvalue weighted by atomic mass is 19.1. The predicted molar refractivity (Wildman–Crippen MR) is 91.7 cm³/mol. The fourth-order valence-corrected chi connectivity index (χ4v) is 2.60. The highest BCUT2D eigenvalue weighted by Gasteiger charge is 2.12. The molecule has 5 heteroatoms. The molecular formula is C18H21FN4. The maximum absolute atomic E-state index is 13.0. The highest BCUT2D eigenvalue weighted by Crippen LogP contribution is 2.21. The molecule has 4 nitrogen and oxygen atoms in total. The van der Waals surface area contributed by atoms with Crippen LogP contribution in [-0.2, 0) is 6.42 Å². The molecule has 120 valence electrons. The van der Waals surface area contributed by atoms with Gasteiger partial charge in [0.1, 0.15) is 11.6 Å². The Morgan fingerprint density at radius 3 is 2.70 bits per heavy atom. The minimum absolute atomic E-state index is 0.253. The van der Waals surface area contributed by atoms with Crippen molar-refractivity contribution >= 4 is 17.5 Å². The molecule has 0 atom stereocenters. The third kappa shape index (κ3) is 4.06. The molecule has 0 fully saturated rings. The lowest BCUT2D eigenvalue weighted by molar-refractivity contribution is 0.628. The topological polar surface area (TPSA) is 41.1 Å². The number of hydrogen-bond donors (Lipinski definition) is 1. The molecule has 0 spiro atoms. The Balaban J connectivity index is 1.87. The minimum atomic E-state index is -0.253. The zero-order valence-electron chi connectivity index (χ0n) is 13.3. The maximum atomic E-state index is 13.0. The molecule has 3 rings (SSSR count). The van der Waals surface area contributed by atoms with Crippen LogP contribution in [0, 0.1) is 5.82 Å². The van der Waals surface area contributed by atoms with Crippen LogP contribution in [-0.4, -0.2) is 23.1 Å². The van der Waals surface area contributed by atoms with Gasteiger partial charge < -0.3 is 10.2 Å². The summed E-state index contributed by atoms with van der Waals surface area (Å²) in [5, 5.41) is 3.18. The smallest absolute Gasteiger partial charge is 0.229 e. The molecule has 1 aliphatic heterocycles. The average Bonchev–Trinajstić information content (AvgIpc) is 2.58. The van der Waals surface area contributed by atoms with E-state index in [0.29, 0.717) is 5.95 Å². The van der Waals surface area contributed by atoms with E-state index in [0.717, 1.165) is 49.6 Å². The van der Waals surface area contributed by atoms with Crippen molar-refractivity contribution < 1.29 is 4.39 Å². The van der Waals surface area contributed by atoms with E-state index in [1.807, 2.05) is 0 Å². The van der Waals surface area contributed by atoms with Gasteiger partial charge in [0.25, 0.3) is 0 Å². The predicted octanol–water partition coefficient (Wildman–Crippen LogP) is 4.08. The first-order valence-electron chi connectivity index (χ1n) is 8.05. The Morgan fingerprint density at radius 1 is 1.17 bits per heavy atom. The molecular weight excluding hydrogens is 291 g/mol. The van der Waals surface area contributed by atoms with Crippen molar-refractivity contribution in [3.05, 3.63) is 54.0 Å². The van der Waals surface area contributed by atoms with E-state index in [4.69, 9.17) is 0 Å². The van der Waals surface area contributed by atoms with E-state index >= 15 is 0 Å². The number of halogens is 1. The second kappa shape index (κ2) is 7.22. The van der Waals surface area contributed by atoms with Gasteiger partial charge in [0.05, 0.1) is 0 Å². The maximum Gasteiger partial charge on any atom is 0.229 e. The third-order valence-electron chi connectivity index (χ3n) is 3.75. The van der Waals surface area contributed by atoms with E-state index in [1.165, 1.54) is 12.1 Å². The van der Waals surface area contributed by atoms with E-state index < -0.39 is 0 Å².